The van der Waals surface area contributed by atoms with E-state index in [0.717, 1.165) is 18.2 Å². The lowest BCUT2D eigenvalue weighted by atomic mass is 10.3. The van der Waals surface area contributed by atoms with Crippen molar-refractivity contribution < 1.29 is 21.6 Å². The van der Waals surface area contributed by atoms with Crippen LogP contribution in [0.4, 0.5) is 18.9 Å². The summed E-state index contributed by atoms with van der Waals surface area (Å²) >= 11 is 5.67. The molecule has 0 atom stereocenters. The fourth-order valence-corrected chi connectivity index (χ4v) is 2.85. The summed E-state index contributed by atoms with van der Waals surface area (Å²) in [6.07, 6.45) is 0. The molecule has 0 spiro atoms. The van der Waals surface area contributed by atoms with Gasteiger partial charge in [-0.15, -0.1) is 0 Å². The molecule has 0 saturated carbocycles. The third-order valence-corrected chi connectivity index (χ3v) is 3.98. The molecule has 0 amide bonds. The summed E-state index contributed by atoms with van der Waals surface area (Å²) in [5.74, 6) is -2.71. The highest BCUT2D eigenvalue weighted by Gasteiger charge is 2.18. The van der Waals surface area contributed by atoms with E-state index in [4.69, 9.17) is 11.6 Å². The Hall–Kier alpha value is -1.73. The van der Waals surface area contributed by atoms with Crippen LogP contribution in [0.25, 0.3) is 0 Å². The standard InChI is InChI=1S/C12H7ClF3NO2S/c13-11-6-7(14)1-2-12(11)17-20(18,19)10-4-8(15)3-9(16)5-10/h1-6,17H. The van der Waals surface area contributed by atoms with E-state index >= 15 is 0 Å². The Morgan fingerprint density at radius 2 is 1.50 bits per heavy atom. The molecule has 3 nitrogen and oxygen atoms in total. The van der Waals surface area contributed by atoms with Crippen molar-refractivity contribution in [2.75, 3.05) is 4.72 Å². The molecule has 0 aliphatic carbocycles. The summed E-state index contributed by atoms with van der Waals surface area (Å²) < 4.78 is 64.8. The number of hydrogen-bond donors (Lipinski definition) is 1. The van der Waals surface area contributed by atoms with Gasteiger partial charge in [-0.05, 0) is 30.3 Å². The second-order valence-corrected chi connectivity index (χ2v) is 5.92. The van der Waals surface area contributed by atoms with Gasteiger partial charge in [0, 0.05) is 6.07 Å². The zero-order valence-electron chi connectivity index (χ0n) is 9.70. The lowest BCUT2D eigenvalue weighted by molar-refractivity contribution is 0.568. The minimum atomic E-state index is -4.23. The minimum absolute atomic E-state index is 0.0993. The molecule has 0 aromatic heterocycles. The molecular formula is C12H7ClF3NO2S. The van der Waals surface area contributed by atoms with E-state index in [0.29, 0.717) is 18.2 Å². The van der Waals surface area contributed by atoms with E-state index in [1.165, 1.54) is 0 Å². The maximum Gasteiger partial charge on any atom is 0.262 e. The van der Waals surface area contributed by atoms with Crippen LogP contribution < -0.4 is 4.72 Å². The Balaban J connectivity index is 2.40. The van der Waals surface area contributed by atoms with Gasteiger partial charge < -0.3 is 0 Å². The van der Waals surface area contributed by atoms with E-state index in [1.54, 1.807) is 0 Å². The van der Waals surface area contributed by atoms with Gasteiger partial charge in [0.1, 0.15) is 17.5 Å². The second kappa shape index (κ2) is 5.34. The quantitative estimate of drug-likeness (QED) is 0.939. The number of sulfonamides is 1. The fourth-order valence-electron chi connectivity index (χ4n) is 1.46. The van der Waals surface area contributed by atoms with Crippen LogP contribution in [0.1, 0.15) is 0 Å². The first-order valence-corrected chi connectivity index (χ1v) is 7.08. The monoisotopic (exact) mass is 321 g/mol. The molecule has 0 bridgehead atoms. The van der Waals surface area contributed by atoms with Crippen molar-refractivity contribution in [1.82, 2.24) is 0 Å². The highest BCUT2D eigenvalue weighted by Crippen LogP contribution is 2.25. The van der Waals surface area contributed by atoms with Gasteiger partial charge >= 0.3 is 0 Å². The van der Waals surface area contributed by atoms with E-state index in [2.05, 4.69) is 0 Å². The summed E-state index contributed by atoms with van der Waals surface area (Å²) in [4.78, 5) is -0.601. The molecule has 0 aliphatic heterocycles. The van der Waals surface area contributed by atoms with Gasteiger partial charge in [0.2, 0.25) is 0 Å². The Morgan fingerprint density at radius 3 is 2.05 bits per heavy atom. The lowest BCUT2D eigenvalue weighted by Gasteiger charge is -2.09. The lowest BCUT2D eigenvalue weighted by Crippen LogP contribution is -2.14. The van der Waals surface area contributed by atoms with Crippen molar-refractivity contribution in [3.8, 4) is 0 Å². The molecular weight excluding hydrogens is 315 g/mol. The third kappa shape index (κ3) is 3.23. The van der Waals surface area contributed by atoms with E-state index < -0.39 is 32.4 Å². The van der Waals surface area contributed by atoms with Crippen LogP contribution in [0.5, 0.6) is 0 Å². The largest absolute Gasteiger partial charge is 0.278 e. The number of benzene rings is 2. The Bertz CT molecular complexity index is 745. The highest BCUT2D eigenvalue weighted by atomic mass is 35.5. The van der Waals surface area contributed by atoms with Crippen LogP contribution in [-0.4, -0.2) is 8.42 Å². The normalized spacial score (nSPS) is 11.4. The summed E-state index contributed by atoms with van der Waals surface area (Å²) in [6.45, 7) is 0. The van der Waals surface area contributed by atoms with Gasteiger partial charge in [0.15, 0.2) is 0 Å². The SMILES string of the molecule is O=S(=O)(Nc1ccc(F)cc1Cl)c1cc(F)cc(F)c1. The molecule has 106 valence electrons. The van der Waals surface area contributed by atoms with Crippen molar-refractivity contribution in [1.29, 1.82) is 0 Å². The second-order valence-electron chi connectivity index (χ2n) is 3.83. The first-order valence-electron chi connectivity index (χ1n) is 5.22. The molecule has 0 heterocycles. The first kappa shape index (κ1) is 14.7. The Morgan fingerprint density at radius 1 is 0.900 bits per heavy atom. The molecule has 0 fully saturated rings. The molecule has 0 saturated heterocycles. The van der Waals surface area contributed by atoms with Gasteiger partial charge in [0.25, 0.3) is 10.0 Å². The van der Waals surface area contributed by atoms with Crippen LogP contribution in [0, 0.1) is 17.5 Å². The third-order valence-electron chi connectivity index (χ3n) is 2.32. The van der Waals surface area contributed by atoms with Crippen molar-refractivity contribution in [2.24, 2.45) is 0 Å². The first-order chi connectivity index (χ1) is 9.28. The molecule has 0 aliphatic rings. The fraction of sp³-hybridized carbons (Fsp3) is 0. The maximum atomic E-state index is 13.0. The topological polar surface area (TPSA) is 46.2 Å². The predicted molar refractivity (Wildman–Crippen MR) is 68.6 cm³/mol. The van der Waals surface area contributed by atoms with Gasteiger partial charge in [0.05, 0.1) is 15.6 Å². The molecule has 1 N–H and O–H groups in total. The van der Waals surface area contributed by atoms with Crippen LogP contribution >= 0.6 is 11.6 Å². The van der Waals surface area contributed by atoms with Gasteiger partial charge in [-0.1, -0.05) is 11.6 Å². The van der Waals surface area contributed by atoms with E-state index in [9.17, 15) is 21.6 Å². The number of halogens is 4. The average molecular weight is 322 g/mol. The molecule has 2 aromatic rings. The predicted octanol–water partition coefficient (Wildman–Crippen LogP) is 3.56. The molecule has 8 heteroatoms. The summed E-state index contributed by atoms with van der Waals surface area (Å²) in [5.41, 5.74) is -0.0993. The average Bonchev–Trinajstić information content (AvgIpc) is 2.31. The van der Waals surface area contributed by atoms with E-state index in [-0.39, 0.29) is 10.7 Å². The van der Waals surface area contributed by atoms with Crippen LogP contribution in [0.2, 0.25) is 5.02 Å². The zero-order chi connectivity index (χ0) is 14.9. The van der Waals surface area contributed by atoms with Crippen molar-refractivity contribution in [3.05, 3.63) is 58.9 Å². The molecule has 20 heavy (non-hydrogen) atoms. The highest BCUT2D eigenvalue weighted by molar-refractivity contribution is 7.92. The summed E-state index contributed by atoms with van der Waals surface area (Å²) in [7, 11) is -4.23. The van der Waals surface area contributed by atoms with Gasteiger partial charge in [-0.2, -0.15) is 0 Å². The summed E-state index contributed by atoms with van der Waals surface area (Å²) in [6, 6.07) is 4.86. The van der Waals surface area contributed by atoms with Crippen LogP contribution in [0.15, 0.2) is 41.3 Å². The number of hydrogen-bond acceptors (Lipinski definition) is 2. The molecule has 2 rings (SSSR count). The zero-order valence-corrected chi connectivity index (χ0v) is 11.3. The van der Waals surface area contributed by atoms with Gasteiger partial charge in [-0.25, -0.2) is 21.6 Å². The van der Waals surface area contributed by atoms with Crippen molar-refractivity contribution in [3.63, 3.8) is 0 Å². The van der Waals surface area contributed by atoms with Crippen LogP contribution in [-0.2, 0) is 10.0 Å². The molecule has 2 aromatic carbocycles. The number of anilines is 1. The summed E-state index contributed by atoms with van der Waals surface area (Å²) in [5, 5.41) is -0.176. The number of nitrogens with one attached hydrogen (secondary N) is 1. The van der Waals surface area contributed by atoms with Crippen LogP contribution in [0.3, 0.4) is 0 Å². The smallest absolute Gasteiger partial charge is 0.262 e. The molecule has 0 unspecified atom stereocenters. The van der Waals surface area contributed by atoms with Crippen molar-refractivity contribution in [2.45, 2.75) is 4.90 Å². The number of rotatable bonds is 3. The van der Waals surface area contributed by atoms with Crippen molar-refractivity contribution >= 4 is 27.3 Å². The van der Waals surface area contributed by atoms with E-state index in [1.807, 2.05) is 4.72 Å². The Labute approximate surface area is 118 Å². The Kier molecular flexibility index (Phi) is 3.92. The minimum Gasteiger partial charge on any atom is -0.278 e. The van der Waals surface area contributed by atoms with Gasteiger partial charge in [-0.3, -0.25) is 4.72 Å². The molecule has 0 radical (unpaired) electrons. The maximum absolute atomic E-state index is 13.0.